The lowest BCUT2D eigenvalue weighted by molar-refractivity contribution is -0.116. The normalized spacial score (nSPS) is 14.2. The van der Waals surface area contributed by atoms with Crippen LogP contribution in [0.5, 0.6) is 11.5 Å². The molecule has 0 unspecified atom stereocenters. The summed E-state index contributed by atoms with van der Waals surface area (Å²) in [6.45, 7) is 1.74. The number of alkyl halides is 1. The van der Waals surface area contributed by atoms with Gasteiger partial charge in [0.15, 0.2) is 11.5 Å². The van der Waals surface area contributed by atoms with E-state index in [4.69, 9.17) is 21.1 Å². The number of ether oxygens (including phenoxy) is 2. The van der Waals surface area contributed by atoms with Gasteiger partial charge in [-0.25, -0.2) is 13.1 Å². The number of halogens is 1. The number of amides is 1. The van der Waals surface area contributed by atoms with E-state index < -0.39 is 21.3 Å². The van der Waals surface area contributed by atoms with E-state index in [0.717, 1.165) is 31.5 Å². The number of hydrogen-bond donors (Lipinski definition) is 2. The number of nitrogens with zero attached hydrogens (tertiary/aromatic N) is 1. The maximum Gasteiger partial charge on any atom is 0.246 e. The van der Waals surface area contributed by atoms with Crippen LogP contribution >= 0.6 is 11.6 Å². The van der Waals surface area contributed by atoms with Gasteiger partial charge in [0.2, 0.25) is 15.9 Å². The van der Waals surface area contributed by atoms with Crippen molar-refractivity contribution in [2.24, 2.45) is 0 Å². The minimum Gasteiger partial charge on any atom is -0.493 e. The molecule has 0 spiro atoms. The number of benzene rings is 3. The van der Waals surface area contributed by atoms with Crippen molar-refractivity contribution in [3.8, 4) is 11.5 Å². The van der Waals surface area contributed by atoms with Crippen molar-refractivity contribution in [1.29, 1.82) is 0 Å². The highest BCUT2D eigenvalue weighted by atomic mass is 35.5. The first-order chi connectivity index (χ1) is 18.3. The van der Waals surface area contributed by atoms with Crippen LogP contribution < -0.4 is 24.4 Å². The molecule has 2 N–H and O–H groups in total. The lowest BCUT2D eigenvalue weighted by atomic mass is 10.1. The third kappa shape index (κ3) is 6.59. The Labute approximate surface area is 229 Å². The molecule has 38 heavy (non-hydrogen) atoms. The third-order valence-corrected chi connectivity index (χ3v) is 8.38. The molecule has 1 fully saturated rings. The summed E-state index contributed by atoms with van der Waals surface area (Å²) < 4.78 is 40.3. The molecule has 0 saturated carbocycles. The van der Waals surface area contributed by atoms with E-state index in [1.807, 2.05) is 18.2 Å². The van der Waals surface area contributed by atoms with Crippen LogP contribution in [0, 0.1) is 0 Å². The number of rotatable bonds is 11. The number of sulfonamides is 1. The molecular formula is C28H32ClN3O5S. The maximum atomic E-state index is 13.5. The van der Waals surface area contributed by atoms with Gasteiger partial charge in [0, 0.05) is 25.3 Å². The molecule has 1 saturated heterocycles. The second-order valence-corrected chi connectivity index (χ2v) is 11.1. The van der Waals surface area contributed by atoms with E-state index in [1.54, 1.807) is 56.7 Å². The maximum absolute atomic E-state index is 13.5. The Kier molecular flexibility index (Phi) is 9.14. The second-order valence-electron chi connectivity index (χ2n) is 8.98. The zero-order valence-electron chi connectivity index (χ0n) is 21.4. The summed E-state index contributed by atoms with van der Waals surface area (Å²) in [5.74, 6) is 0.759. The van der Waals surface area contributed by atoms with E-state index in [-0.39, 0.29) is 11.4 Å². The fourth-order valence-corrected chi connectivity index (χ4v) is 5.93. The molecule has 1 amide bonds. The molecule has 0 radical (unpaired) electrons. The fourth-order valence-electron chi connectivity index (χ4n) is 4.45. The van der Waals surface area contributed by atoms with Crippen LogP contribution in [0.2, 0.25) is 0 Å². The molecule has 3 aromatic carbocycles. The van der Waals surface area contributed by atoms with Crippen LogP contribution in [0.15, 0.2) is 71.6 Å². The minimum absolute atomic E-state index is 0.121. The molecule has 10 heteroatoms. The number of hydrogen-bond acceptors (Lipinski definition) is 6. The van der Waals surface area contributed by atoms with Crippen molar-refractivity contribution in [2.45, 2.75) is 29.5 Å². The summed E-state index contributed by atoms with van der Waals surface area (Å²) in [7, 11) is -0.767. The van der Waals surface area contributed by atoms with E-state index in [2.05, 4.69) is 14.9 Å². The van der Waals surface area contributed by atoms with E-state index >= 15 is 0 Å². The summed E-state index contributed by atoms with van der Waals surface area (Å²) in [4.78, 5) is 15.0. The zero-order valence-corrected chi connectivity index (χ0v) is 23.0. The second kappa shape index (κ2) is 12.5. The number of nitrogens with one attached hydrogen (secondary N) is 2. The van der Waals surface area contributed by atoms with Crippen LogP contribution in [-0.4, -0.2) is 48.2 Å². The van der Waals surface area contributed by atoms with Gasteiger partial charge in [-0.05, 0) is 60.7 Å². The van der Waals surface area contributed by atoms with Crippen LogP contribution in [0.4, 0.5) is 11.4 Å². The van der Waals surface area contributed by atoms with Crippen LogP contribution in [-0.2, 0) is 21.2 Å². The molecule has 3 aromatic rings. The van der Waals surface area contributed by atoms with Crippen LogP contribution in [0.25, 0.3) is 0 Å². The Hall–Kier alpha value is -3.27. The van der Waals surface area contributed by atoms with Crippen LogP contribution in [0.3, 0.4) is 0 Å². The molecule has 0 aromatic heterocycles. The SMILES string of the molecule is COc1ccc(CCNS(=O)(=O)c2cc(NC(=O)[C@H](Cl)c3ccccc3)ccc2N2CCCC2)cc1OC. The number of carbonyl (C=O) groups is 1. The third-order valence-electron chi connectivity index (χ3n) is 6.44. The summed E-state index contributed by atoms with van der Waals surface area (Å²) in [6, 6.07) is 19.4. The first-order valence-electron chi connectivity index (χ1n) is 12.4. The van der Waals surface area contributed by atoms with E-state index in [1.165, 1.54) is 6.07 Å². The fraction of sp³-hybridized carbons (Fsp3) is 0.321. The van der Waals surface area contributed by atoms with Gasteiger partial charge >= 0.3 is 0 Å². The number of carbonyl (C=O) groups excluding carboxylic acids is 1. The molecular weight excluding hydrogens is 526 g/mol. The molecule has 4 rings (SSSR count). The van der Waals surface area contributed by atoms with Crippen molar-refractivity contribution in [3.05, 3.63) is 77.9 Å². The van der Waals surface area contributed by atoms with Crippen molar-refractivity contribution in [2.75, 3.05) is 44.1 Å². The molecule has 0 bridgehead atoms. The lowest BCUT2D eigenvalue weighted by Crippen LogP contribution is -2.29. The molecule has 1 atom stereocenters. The minimum atomic E-state index is -3.89. The van der Waals surface area contributed by atoms with Crippen molar-refractivity contribution in [1.82, 2.24) is 4.72 Å². The monoisotopic (exact) mass is 557 g/mol. The first kappa shape index (κ1) is 27.8. The van der Waals surface area contributed by atoms with Gasteiger partial charge in [0.05, 0.1) is 19.9 Å². The van der Waals surface area contributed by atoms with Crippen molar-refractivity contribution < 1.29 is 22.7 Å². The Balaban J connectivity index is 1.53. The zero-order chi connectivity index (χ0) is 27.1. The molecule has 1 heterocycles. The van der Waals surface area contributed by atoms with E-state index in [9.17, 15) is 13.2 Å². The van der Waals surface area contributed by atoms with Crippen LogP contribution in [0.1, 0.15) is 29.3 Å². The Morgan fingerprint density at radius 2 is 1.68 bits per heavy atom. The Morgan fingerprint density at radius 3 is 2.37 bits per heavy atom. The topological polar surface area (TPSA) is 97.0 Å². The molecule has 1 aliphatic heterocycles. The average molecular weight is 558 g/mol. The largest absolute Gasteiger partial charge is 0.493 e. The lowest BCUT2D eigenvalue weighted by Gasteiger charge is -2.22. The summed E-state index contributed by atoms with van der Waals surface area (Å²) in [6.07, 6.45) is 2.45. The van der Waals surface area contributed by atoms with Gasteiger partial charge in [0.1, 0.15) is 10.3 Å². The summed E-state index contributed by atoms with van der Waals surface area (Å²) in [5.41, 5.74) is 2.54. The number of anilines is 2. The predicted molar refractivity (Wildman–Crippen MR) is 150 cm³/mol. The standard InChI is InChI=1S/C28H32ClN3O5S/c1-36-24-13-10-20(18-25(24)37-2)14-15-30-38(34,35)26-19-22(11-12-23(26)32-16-6-7-17-32)31-28(33)27(29)21-8-4-3-5-9-21/h3-5,8-13,18-19,27,30H,6-7,14-17H2,1-2H3,(H,31,33)/t27-/m1/s1. The molecule has 202 valence electrons. The molecule has 8 nitrogen and oxygen atoms in total. The average Bonchev–Trinajstić information content (AvgIpc) is 3.48. The van der Waals surface area contributed by atoms with Gasteiger partial charge in [0.25, 0.3) is 0 Å². The first-order valence-corrected chi connectivity index (χ1v) is 14.3. The van der Waals surface area contributed by atoms with E-state index in [0.29, 0.717) is 34.9 Å². The Morgan fingerprint density at radius 1 is 0.974 bits per heavy atom. The van der Waals surface area contributed by atoms with Crippen molar-refractivity contribution in [3.63, 3.8) is 0 Å². The smallest absolute Gasteiger partial charge is 0.246 e. The highest BCUT2D eigenvalue weighted by molar-refractivity contribution is 7.89. The van der Waals surface area contributed by atoms with Gasteiger partial charge in [-0.15, -0.1) is 11.6 Å². The molecule has 0 aliphatic carbocycles. The highest BCUT2D eigenvalue weighted by Gasteiger charge is 2.25. The van der Waals surface area contributed by atoms with Gasteiger partial charge in [-0.2, -0.15) is 0 Å². The number of methoxy groups -OCH3 is 2. The molecule has 1 aliphatic rings. The predicted octanol–water partition coefficient (Wildman–Crippen LogP) is 4.74. The quantitative estimate of drug-likeness (QED) is 0.330. The van der Waals surface area contributed by atoms with Gasteiger partial charge in [-0.1, -0.05) is 36.4 Å². The van der Waals surface area contributed by atoms with Gasteiger partial charge in [-0.3, -0.25) is 4.79 Å². The van der Waals surface area contributed by atoms with Crippen molar-refractivity contribution >= 4 is 38.9 Å². The Bertz CT molecular complexity index is 1360. The highest BCUT2D eigenvalue weighted by Crippen LogP contribution is 2.32. The summed E-state index contributed by atoms with van der Waals surface area (Å²) >= 11 is 6.37. The summed E-state index contributed by atoms with van der Waals surface area (Å²) in [5, 5.41) is 1.86. The van der Waals surface area contributed by atoms with Gasteiger partial charge < -0.3 is 19.7 Å².